The molecule has 1 aromatic heterocycles. The number of benzene rings is 1. The molecule has 0 saturated carbocycles. The van der Waals surface area contributed by atoms with Crippen LogP contribution in [0.5, 0.6) is 0 Å². The van der Waals surface area contributed by atoms with Crippen LogP contribution >= 0.6 is 11.6 Å². The van der Waals surface area contributed by atoms with Crippen molar-refractivity contribution < 1.29 is 4.79 Å². The van der Waals surface area contributed by atoms with Gasteiger partial charge < -0.3 is 9.88 Å². The van der Waals surface area contributed by atoms with Gasteiger partial charge in [-0.1, -0.05) is 37.6 Å². The van der Waals surface area contributed by atoms with Crippen LogP contribution < -0.4 is 5.32 Å². The summed E-state index contributed by atoms with van der Waals surface area (Å²) in [5, 5.41) is 12.0. The summed E-state index contributed by atoms with van der Waals surface area (Å²) in [6.07, 6.45) is 2.07. The van der Waals surface area contributed by atoms with Crippen molar-refractivity contribution in [1.82, 2.24) is 20.1 Å². The van der Waals surface area contributed by atoms with Gasteiger partial charge >= 0.3 is 0 Å². The fourth-order valence-electron chi connectivity index (χ4n) is 3.13. The monoisotopic (exact) mass is 332 g/mol. The number of hydrogen-bond acceptors (Lipinski definition) is 3. The fourth-order valence-corrected chi connectivity index (χ4v) is 3.25. The predicted octanol–water partition coefficient (Wildman–Crippen LogP) is 2.93. The molecule has 1 aliphatic heterocycles. The smallest absolute Gasteiger partial charge is 0.228 e. The average Bonchev–Trinajstić information content (AvgIpc) is 3.10. The van der Waals surface area contributed by atoms with Gasteiger partial charge in [0, 0.05) is 18.0 Å². The minimum absolute atomic E-state index is 0.0117. The van der Waals surface area contributed by atoms with Gasteiger partial charge in [-0.15, -0.1) is 10.2 Å². The summed E-state index contributed by atoms with van der Waals surface area (Å²) in [6.45, 7) is 5.46. The van der Waals surface area contributed by atoms with E-state index in [0.717, 1.165) is 36.6 Å². The molecule has 6 heteroatoms. The highest BCUT2D eigenvalue weighted by atomic mass is 35.5. The lowest BCUT2D eigenvalue weighted by Crippen LogP contribution is -2.32. The molecular weight excluding hydrogens is 312 g/mol. The molecule has 1 N–H and O–H groups in total. The Morgan fingerprint density at radius 1 is 1.30 bits per heavy atom. The molecule has 1 aromatic carbocycles. The standard InChI is InChI=1S/C17H21ClN4O/c1-11(2)16(12-5-7-13(18)8-6-12)17(23)19-10-15-21-20-14-4-3-9-22(14)15/h5-8,11,16H,3-4,9-10H2,1-2H3,(H,19,23). The summed E-state index contributed by atoms with van der Waals surface area (Å²) < 4.78 is 2.10. The molecule has 1 aliphatic rings. The van der Waals surface area contributed by atoms with Gasteiger partial charge in [-0.3, -0.25) is 4.79 Å². The van der Waals surface area contributed by atoms with E-state index in [1.54, 1.807) is 0 Å². The van der Waals surface area contributed by atoms with Crippen LogP contribution in [-0.4, -0.2) is 20.7 Å². The summed E-state index contributed by atoms with van der Waals surface area (Å²) in [6, 6.07) is 7.48. The lowest BCUT2D eigenvalue weighted by Gasteiger charge is -2.20. The highest BCUT2D eigenvalue weighted by molar-refractivity contribution is 6.30. The molecule has 0 bridgehead atoms. The van der Waals surface area contributed by atoms with E-state index < -0.39 is 0 Å². The summed E-state index contributed by atoms with van der Waals surface area (Å²) >= 11 is 5.94. The molecule has 2 heterocycles. The number of aryl methyl sites for hydroxylation is 1. The minimum Gasteiger partial charge on any atom is -0.348 e. The largest absolute Gasteiger partial charge is 0.348 e. The first-order valence-electron chi connectivity index (χ1n) is 8.00. The second kappa shape index (κ2) is 6.71. The maximum atomic E-state index is 12.7. The number of fused-ring (bicyclic) bond motifs is 1. The molecule has 2 aromatic rings. The molecule has 1 amide bonds. The Balaban J connectivity index is 1.70. The summed E-state index contributed by atoms with van der Waals surface area (Å²) in [7, 11) is 0. The number of halogens is 1. The zero-order valence-corrected chi connectivity index (χ0v) is 14.2. The van der Waals surface area contributed by atoms with Crippen LogP contribution in [0, 0.1) is 5.92 Å². The van der Waals surface area contributed by atoms with E-state index in [1.807, 2.05) is 38.1 Å². The molecular formula is C17H21ClN4O. The lowest BCUT2D eigenvalue weighted by atomic mass is 9.87. The number of nitrogens with zero attached hydrogens (tertiary/aromatic N) is 3. The molecule has 3 rings (SSSR count). The zero-order valence-electron chi connectivity index (χ0n) is 13.4. The van der Waals surface area contributed by atoms with Crippen molar-refractivity contribution in [1.29, 1.82) is 0 Å². The van der Waals surface area contributed by atoms with Crippen LogP contribution in [0.2, 0.25) is 5.02 Å². The summed E-state index contributed by atoms with van der Waals surface area (Å²) in [5.41, 5.74) is 0.980. The number of aromatic nitrogens is 3. The average molecular weight is 333 g/mol. The van der Waals surface area contributed by atoms with Gasteiger partial charge in [0.1, 0.15) is 5.82 Å². The SMILES string of the molecule is CC(C)C(C(=O)NCc1nnc2n1CCC2)c1ccc(Cl)cc1. The molecule has 1 unspecified atom stereocenters. The quantitative estimate of drug-likeness (QED) is 0.915. The van der Waals surface area contributed by atoms with Crippen molar-refractivity contribution in [3.05, 3.63) is 46.5 Å². The molecule has 122 valence electrons. The van der Waals surface area contributed by atoms with Gasteiger partial charge in [0.2, 0.25) is 5.91 Å². The first-order valence-corrected chi connectivity index (χ1v) is 8.38. The fraction of sp³-hybridized carbons (Fsp3) is 0.471. The maximum absolute atomic E-state index is 12.7. The van der Waals surface area contributed by atoms with Crippen molar-refractivity contribution in [3.63, 3.8) is 0 Å². The highest BCUT2D eigenvalue weighted by Crippen LogP contribution is 2.26. The topological polar surface area (TPSA) is 59.8 Å². The molecule has 1 atom stereocenters. The summed E-state index contributed by atoms with van der Waals surface area (Å²) in [5.74, 6) is 1.86. The zero-order chi connectivity index (χ0) is 16.4. The highest BCUT2D eigenvalue weighted by Gasteiger charge is 2.25. The second-order valence-corrected chi connectivity index (χ2v) is 6.72. The van der Waals surface area contributed by atoms with E-state index in [1.165, 1.54) is 0 Å². The van der Waals surface area contributed by atoms with Crippen LogP contribution in [-0.2, 0) is 24.3 Å². The van der Waals surface area contributed by atoms with Gasteiger partial charge in [-0.2, -0.15) is 0 Å². The van der Waals surface area contributed by atoms with Gasteiger partial charge in [0.15, 0.2) is 5.82 Å². The Bertz CT molecular complexity index is 693. The second-order valence-electron chi connectivity index (χ2n) is 6.28. The van der Waals surface area contributed by atoms with Crippen LogP contribution in [0.25, 0.3) is 0 Å². The third-order valence-electron chi connectivity index (χ3n) is 4.29. The maximum Gasteiger partial charge on any atom is 0.228 e. The van der Waals surface area contributed by atoms with Crippen LogP contribution in [0.3, 0.4) is 0 Å². The number of nitrogens with one attached hydrogen (secondary N) is 1. The Hall–Kier alpha value is -1.88. The van der Waals surface area contributed by atoms with Crippen LogP contribution in [0.15, 0.2) is 24.3 Å². The van der Waals surface area contributed by atoms with E-state index >= 15 is 0 Å². The number of rotatable bonds is 5. The molecule has 0 saturated heterocycles. The number of carbonyl (C=O) groups excluding carboxylic acids is 1. The van der Waals surface area contributed by atoms with Gasteiger partial charge in [-0.25, -0.2) is 0 Å². The molecule has 0 radical (unpaired) electrons. The molecule has 23 heavy (non-hydrogen) atoms. The van der Waals surface area contributed by atoms with Crippen molar-refractivity contribution in [2.45, 2.75) is 45.7 Å². The Morgan fingerprint density at radius 3 is 2.74 bits per heavy atom. The first kappa shape index (κ1) is 16.0. The normalized spacial score (nSPS) is 14.8. The van der Waals surface area contributed by atoms with Crippen molar-refractivity contribution >= 4 is 17.5 Å². The predicted molar refractivity (Wildman–Crippen MR) is 89.2 cm³/mol. The lowest BCUT2D eigenvalue weighted by molar-refractivity contribution is -0.123. The van der Waals surface area contributed by atoms with Crippen molar-refractivity contribution in [2.75, 3.05) is 0 Å². The van der Waals surface area contributed by atoms with Gasteiger partial charge in [0.05, 0.1) is 12.5 Å². The molecule has 0 spiro atoms. The van der Waals surface area contributed by atoms with E-state index in [-0.39, 0.29) is 17.7 Å². The number of amides is 1. The first-order chi connectivity index (χ1) is 11.1. The van der Waals surface area contributed by atoms with Gasteiger partial charge in [0.25, 0.3) is 0 Å². The number of hydrogen-bond donors (Lipinski definition) is 1. The third-order valence-corrected chi connectivity index (χ3v) is 4.54. The van der Waals surface area contributed by atoms with Gasteiger partial charge in [-0.05, 0) is 30.0 Å². The van der Waals surface area contributed by atoms with E-state index in [0.29, 0.717) is 11.6 Å². The number of carbonyl (C=O) groups is 1. The van der Waals surface area contributed by atoms with E-state index in [9.17, 15) is 4.79 Å². The Kier molecular flexibility index (Phi) is 4.66. The van der Waals surface area contributed by atoms with E-state index in [4.69, 9.17) is 11.6 Å². The van der Waals surface area contributed by atoms with E-state index in [2.05, 4.69) is 20.1 Å². The summed E-state index contributed by atoms with van der Waals surface area (Å²) in [4.78, 5) is 12.7. The molecule has 0 aliphatic carbocycles. The molecule has 0 fully saturated rings. The van der Waals surface area contributed by atoms with Crippen molar-refractivity contribution in [2.24, 2.45) is 5.92 Å². The van der Waals surface area contributed by atoms with Crippen LogP contribution in [0.1, 0.15) is 43.4 Å². The van der Waals surface area contributed by atoms with Crippen LogP contribution in [0.4, 0.5) is 0 Å². The Morgan fingerprint density at radius 2 is 2.04 bits per heavy atom. The third kappa shape index (κ3) is 3.39. The molecule has 5 nitrogen and oxygen atoms in total. The Labute approximate surface area is 141 Å². The van der Waals surface area contributed by atoms with Crippen molar-refractivity contribution in [3.8, 4) is 0 Å². The minimum atomic E-state index is -0.201.